The molecule has 8 nitrogen and oxygen atoms in total. The average molecular weight is 508 g/mol. The zero-order chi connectivity index (χ0) is 24.2. The Kier molecular flexibility index (Phi) is 7.31. The number of carbonyl (C=O) groups is 1. The van der Waals surface area contributed by atoms with E-state index >= 15 is 0 Å². The van der Waals surface area contributed by atoms with Crippen LogP contribution in [0.1, 0.15) is 13.8 Å². The number of anilines is 3. The zero-order valence-corrected chi connectivity index (χ0v) is 20.2. The van der Waals surface area contributed by atoms with Gasteiger partial charge in [-0.1, -0.05) is 29.8 Å². The van der Waals surface area contributed by atoms with Crippen molar-refractivity contribution in [3.63, 3.8) is 0 Å². The lowest BCUT2D eigenvalue weighted by Crippen LogP contribution is -2.30. The summed E-state index contributed by atoms with van der Waals surface area (Å²) in [4.78, 5) is 10.9. The normalized spacial score (nSPS) is 11.6. The van der Waals surface area contributed by atoms with Crippen LogP contribution in [0, 0.1) is 0 Å². The molecule has 33 heavy (non-hydrogen) atoms. The highest BCUT2D eigenvalue weighted by atomic mass is 35.5. The van der Waals surface area contributed by atoms with Crippen LogP contribution < -0.4 is 14.3 Å². The van der Waals surface area contributed by atoms with Gasteiger partial charge in [0.25, 0.3) is 20.0 Å². The molecule has 3 aromatic rings. The summed E-state index contributed by atoms with van der Waals surface area (Å²) in [6, 6.07) is 17.9. The van der Waals surface area contributed by atoms with E-state index in [-0.39, 0.29) is 33.0 Å². The van der Waals surface area contributed by atoms with Crippen molar-refractivity contribution in [1.29, 1.82) is 0 Å². The fraction of sp³-hybridized carbons (Fsp3) is 0.136. The van der Waals surface area contributed by atoms with Gasteiger partial charge in [-0.15, -0.1) is 0 Å². The second kappa shape index (κ2) is 9.82. The Morgan fingerprint density at radius 1 is 0.909 bits per heavy atom. The predicted molar refractivity (Wildman–Crippen MR) is 130 cm³/mol. The van der Waals surface area contributed by atoms with E-state index in [4.69, 9.17) is 11.6 Å². The number of sulfonamides is 2. The summed E-state index contributed by atoms with van der Waals surface area (Å²) in [6.45, 7) is 3.22. The minimum atomic E-state index is -4.08. The number of rotatable bonds is 8. The van der Waals surface area contributed by atoms with Crippen molar-refractivity contribution in [3.05, 3.63) is 77.8 Å². The zero-order valence-electron chi connectivity index (χ0n) is 17.8. The number of nitrogens with zero attached hydrogens (tertiary/aromatic N) is 1. The van der Waals surface area contributed by atoms with Crippen molar-refractivity contribution in [1.82, 2.24) is 0 Å². The third kappa shape index (κ3) is 5.65. The molecule has 0 aliphatic rings. The Balaban J connectivity index is 1.93. The van der Waals surface area contributed by atoms with Gasteiger partial charge >= 0.3 is 0 Å². The Labute approximate surface area is 198 Å². The van der Waals surface area contributed by atoms with Crippen LogP contribution in [0.2, 0.25) is 5.02 Å². The van der Waals surface area contributed by atoms with Gasteiger partial charge < -0.3 is 5.32 Å². The number of nitrogens with one attached hydrogen (secondary N) is 2. The first-order chi connectivity index (χ1) is 15.5. The summed E-state index contributed by atoms with van der Waals surface area (Å²) in [6.07, 6.45) is 0. The van der Waals surface area contributed by atoms with E-state index in [1.807, 2.05) is 0 Å². The maximum Gasteiger partial charge on any atom is 0.264 e. The molecule has 0 atom stereocenters. The van der Waals surface area contributed by atoms with Crippen molar-refractivity contribution in [3.8, 4) is 0 Å². The molecule has 0 aliphatic heterocycles. The highest BCUT2D eigenvalue weighted by Crippen LogP contribution is 2.31. The monoisotopic (exact) mass is 507 g/mol. The largest absolute Gasteiger partial charge is 0.326 e. The summed E-state index contributed by atoms with van der Waals surface area (Å²) in [7, 11) is -8.06. The molecule has 0 unspecified atom stereocenters. The van der Waals surface area contributed by atoms with Gasteiger partial charge in [-0.3, -0.25) is 13.8 Å². The van der Waals surface area contributed by atoms with Crippen LogP contribution in [-0.4, -0.2) is 29.3 Å². The van der Waals surface area contributed by atoms with E-state index in [9.17, 15) is 21.6 Å². The van der Waals surface area contributed by atoms with E-state index in [0.29, 0.717) is 11.4 Å². The summed E-state index contributed by atoms with van der Waals surface area (Å²) in [5, 5.41) is 2.59. The van der Waals surface area contributed by atoms with Crippen molar-refractivity contribution in [2.75, 3.05) is 20.9 Å². The standard InChI is InChI=1S/C22H22ClN3O5S2/c1-3-26(18-7-5-4-6-8-18)33(30,31)20-13-14-21(23)22(15-20)25-32(28,29)19-11-9-17(10-12-19)24-16(2)27/h4-15,25H,3H2,1-2H3,(H,24,27). The first kappa shape index (κ1) is 24.6. The van der Waals surface area contributed by atoms with Crippen LogP contribution in [0.5, 0.6) is 0 Å². The molecule has 0 saturated carbocycles. The first-order valence-electron chi connectivity index (χ1n) is 9.82. The molecule has 3 rings (SSSR count). The minimum Gasteiger partial charge on any atom is -0.326 e. The number of hydrogen-bond acceptors (Lipinski definition) is 5. The smallest absolute Gasteiger partial charge is 0.264 e. The SMILES string of the molecule is CCN(c1ccccc1)S(=O)(=O)c1ccc(Cl)c(NS(=O)(=O)c2ccc(NC(C)=O)cc2)c1. The van der Waals surface area contributed by atoms with Crippen LogP contribution in [0.15, 0.2) is 82.6 Å². The third-order valence-electron chi connectivity index (χ3n) is 4.59. The van der Waals surface area contributed by atoms with Gasteiger partial charge in [0.05, 0.1) is 26.2 Å². The molecule has 11 heteroatoms. The molecule has 0 spiro atoms. The molecule has 0 aliphatic carbocycles. The van der Waals surface area contributed by atoms with E-state index < -0.39 is 20.0 Å². The molecule has 174 valence electrons. The number of halogens is 1. The molecule has 2 N–H and O–H groups in total. The lowest BCUT2D eigenvalue weighted by molar-refractivity contribution is -0.114. The van der Waals surface area contributed by atoms with E-state index in [1.54, 1.807) is 37.3 Å². The highest BCUT2D eigenvalue weighted by molar-refractivity contribution is 7.93. The summed E-state index contributed by atoms with van der Waals surface area (Å²) in [5.41, 5.74) is 0.845. The topological polar surface area (TPSA) is 113 Å². The number of amides is 1. The molecule has 0 saturated heterocycles. The second-order valence-electron chi connectivity index (χ2n) is 6.96. The molecule has 0 bridgehead atoms. The number of hydrogen-bond donors (Lipinski definition) is 2. The van der Waals surface area contributed by atoms with Gasteiger partial charge in [0.1, 0.15) is 0 Å². The average Bonchev–Trinajstić information content (AvgIpc) is 2.76. The second-order valence-corrected chi connectivity index (χ2v) is 10.9. The molecule has 0 radical (unpaired) electrons. The van der Waals surface area contributed by atoms with Gasteiger partial charge in [0.2, 0.25) is 5.91 Å². The fourth-order valence-electron chi connectivity index (χ4n) is 3.08. The Bertz CT molecular complexity index is 1360. The van der Waals surface area contributed by atoms with Crippen LogP contribution in [-0.2, 0) is 24.8 Å². The Hall–Kier alpha value is -3.08. The van der Waals surface area contributed by atoms with Gasteiger partial charge in [-0.2, -0.15) is 0 Å². The number of benzene rings is 3. The molecule has 0 heterocycles. The van der Waals surface area contributed by atoms with Crippen molar-refractivity contribution < 1.29 is 21.6 Å². The highest BCUT2D eigenvalue weighted by Gasteiger charge is 2.25. The lowest BCUT2D eigenvalue weighted by Gasteiger charge is -2.23. The van der Waals surface area contributed by atoms with Crippen LogP contribution in [0.3, 0.4) is 0 Å². The maximum atomic E-state index is 13.3. The number of para-hydroxylation sites is 1. The summed E-state index contributed by atoms with van der Waals surface area (Å²) >= 11 is 6.17. The predicted octanol–water partition coefficient (Wildman–Crippen LogP) is 4.31. The molecule has 1 amide bonds. The van der Waals surface area contributed by atoms with E-state index in [0.717, 1.165) is 0 Å². The van der Waals surface area contributed by atoms with Crippen LogP contribution in [0.25, 0.3) is 0 Å². The van der Waals surface area contributed by atoms with Gasteiger partial charge in [-0.05, 0) is 61.5 Å². The minimum absolute atomic E-state index is 0.0372. The van der Waals surface area contributed by atoms with Gasteiger partial charge in [-0.25, -0.2) is 16.8 Å². The quantitative estimate of drug-likeness (QED) is 0.471. The Morgan fingerprint density at radius 3 is 2.09 bits per heavy atom. The van der Waals surface area contributed by atoms with Gasteiger partial charge in [0.15, 0.2) is 0 Å². The lowest BCUT2D eigenvalue weighted by atomic mass is 10.3. The van der Waals surface area contributed by atoms with Crippen LogP contribution >= 0.6 is 11.6 Å². The molecule has 3 aromatic carbocycles. The van der Waals surface area contributed by atoms with E-state index in [1.165, 1.54) is 53.7 Å². The summed E-state index contributed by atoms with van der Waals surface area (Å²) < 4.78 is 55.8. The van der Waals surface area contributed by atoms with Crippen molar-refractivity contribution in [2.45, 2.75) is 23.6 Å². The maximum absolute atomic E-state index is 13.3. The van der Waals surface area contributed by atoms with Crippen LogP contribution in [0.4, 0.5) is 17.1 Å². The number of carbonyl (C=O) groups excluding carboxylic acids is 1. The van der Waals surface area contributed by atoms with E-state index in [2.05, 4.69) is 10.0 Å². The summed E-state index contributed by atoms with van der Waals surface area (Å²) in [5.74, 6) is -0.287. The first-order valence-corrected chi connectivity index (χ1v) is 13.1. The van der Waals surface area contributed by atoms with Gasteiger partial charge in [0, 0.05) is 19.2 Å². The van der Waals surface area contributed by atoms with Crippen molar-refractivity contribution in [2.24, 2.45) is 0 Å². The molecule has 0 aromatic heterocycles. The molecule has 0 fully saturated rings. The third-order valence-corrected chi connectivity index (χ3v) is 8.20. The molecular formula is C22H22ClN3O5S2. The fourth-order valence-corrected chi connectivity index (χ4v) is 5.87. The molecular weight excluding hydrogens is 486 g/mol. The Morgan fingerprint density at radius 2 is 1.52 bits per heavy atom. The van der Waals surface area contributed by atoms with Crippen molar-refractivity contribution >= 4 is 54.6 Å².